The number of ether oxygens (including phenoxy) is 2. The van der Waals surface area contributed by atoms with E-state index >= 15 is 0 Å². The van der Waals surface area contributed by atoms with Crippen molar-refractivity contribution in [2.45, 2.75) is 20.0 Å². The molecule has 4 nitrogen and oxygen atoms in total. The third-order valence-electron chi connectivity index (χ3n) is 2.26. The molecule has 1 aliphatic carbocycles. The van der Waals surface area contributed by atoms with Crippen molar-refractivity contribution in [3.05, 3.63) is 0 Å². The van der Waals surface area contributed by atoms with Crippen molar-refractivity contribution in [3.8, 4) is 6.07 Å². The number of methoxy groups -OCH3 is 1. The van der Waals surface area contributed by atoms with E-state index in [2.05, 4.69) is 10.8 Å². The second-order valence-corrected chi connectivity index (χ2v) is 3.42. The number of nitrogens with zero attached hydrogens (tertiary/aromatic N) is 1. The number of carbonyl (C=O) groups is 1. The predicted molar refractivity (Wildman–Crippen MR) is 40.2 cm³/mol. The molecule has 0 heterocycles. The average molecular weight is 169 g/mol. The Morgan fingerprint density at radius 3 is 2.50 bits per heavy atom. The summed E-state index contributed by atoms with van der Waals surface area (Å²) >= 11 is 0. The fourth-order valence-electron chi connectivity index (χ4n) is 1.20. The Morgan fingerprint density at radius 2 is 2.17 bits per heavy atom. The summed E-state index contributed by atoms with van der Waals surface area (Å²) in [4.78, 5) is 10.7. The molecule has 1 aliphatic rings. The van der Waals surface area contributed by atoms with Crippen LogP contribution in [-0.2, 0) is 9.47 Å². The number of rotatable bonds is 1. The van der Waals surface area contributed by atoms with Gasteiger partial charge in [-0.1, -0.05) is 13.8 Å². The standard InChI is InChI=1S/C8H11NO3/c1-8(2)5(4-9)6(8)12-7(10)11-3/h5-6H,1-3H3. The normalized spacial score (nSPS) is 30.2. The van der Waals surface area contributed by atoms with E-state index in [0.29, 0.717) is 0 Å². The van der Waals surface area contributed by atoms with Crippen LogP contribution in [0.2, 0.25) is 0 Å². The number of hydrogen-bond donors (Lipinski definition) is 0. The molecule has 1 rings (SSSR count). The van der Waals surface area contributed by atoms with Gasteiger partial charge in [-0.25, -0.2) is 4.79 Å². The van der Waals surface area contributed by atoms with Crippen molar-refractivity contribution < 1.29 is 14.3 Å². The van der Waals surface area contributed by atoms with Crippen molar-refractivity contribution in [2.75, 3.05) is 7.11 Å². The SMILES string of the molecule is COC(=O)OC1C(C#N)C1(C)C. The van der Waals surface area contributed by atoms with Crippen LogP contribution in [0.5, 0.6) is 0 Å². The molecule has 0 radical (unpaired) electrons. The minimum absolute atomic E-state index is 0.198. The molecule has 0 aromatic heterocycles. The Bertz CT molecular complexity index is 241. The van der Waals surface area contributed by atoms with Gasteiger partial charge in [-0.2, -0.15) is 5.26 Å². The number of hydrogen-bond acceptors (Lipinski definition) is 4. The summed E-state index contributed by atoms with van der Waals surface area (Å²) < 4.78 is 9.16. The van der Waals surface area contributed by atoms with Gasteiger partial charge in [0, 0.05) is 5.41 Å². The van der Waals surface area contributed by atoms with E-state index in [0.717, 1.165) is 0 Å². The van der Waals surface area contributed by atoms with Crippen LogP contribution in [-0.4, -0.2) is 19.4 Å². The summed E-state index contributed by atoms with van der Waals surface area (Å²) in [6.07, 6.45) is -1.03. The smallest absolute Gasteiger partial charge is 0.438 e. The Hall–Kier alpha value is -1.24. The molecule has 12 heavy (non-hydrogen) atoms. The van der Waals surface area contributed by atoms with E-state index < -0.39 is 6.16 Å². The third kappa shape index (κ3) is 1.22. The second kappa shape index (κ2) is 2.67. The van der Waals surface area contributed by atoms with Gasteiger partial charge in [-0.15, -0.1) is 0 Å². The number of carbonyl (C=O) groups excluding carboxylic acids is 1. The zero-order valence-electron chi connectivity index (χ0n) is 7.33. The zero-order valence-corrected chi connectivity index (χ0v) is 7.33. The molecule has 0 aromatic carbocycles. The van der Waals surface area contributed by atoms with Gasteiger partial charge in [0.1, 0.15) is 6.10 Å². The highest BCUT2D eigenvalue weighted by Gasteiger charge is 2.62. The lowest BCUT2D eigenvalue weighted by atomic mass is 10.1. The van der Waals surface area contributed by atoms with Gasteiger partial charge >= 0.3 is 6.16 Å². The maximum Gasteiger partial charge on any atom is 0.508 e. The molecular weight excluding hydrogens is 158 g/mol. The Morgan fingerprint density at radius 1 is 1.58 bits per heavy atom. The Balaban J connectivity index is 2.49. The first-order valence-electron chi connectivity index (χ1n) is 3.68. The van der Waals surface area contributed by atoms with Crippen LogP contribution >= 0.6 is 0 Å². The number of nitriles is 1. The molecule has 0 saturated heterocycles. The molecular formula is C8H11NO3. The van der Waals surface area contributed by atoms with E-state index in [9.17, 15) is 4.79 Å². The first kappa shape index (κ1) is 8.85. The molecule has 0 spiro atoms. The maximum atomic E-state index is 10.7. The van der Waals surface area contributed by atoms with E-state index in [-0.39, 0.29) is 17.4 Å². The first-order chi connectivity index (χ1) is 5.54. The van der Waals surface area contributed by atoms with Gasteiger partial charge in [0.15, 0.2) is 0 Å². The van der Waals surface area contributed by atoms with Crippen LogP contribution < -0.4 is 0 Å². The fraction of sp³-hybridized carbons (Fsp3) is 0.750. The van der Waals surface area contributed by atoms with E-state index in [1.807, 2.05) is 13.8 Å². The van der Waals surface area contributed by atoms with E-state index in [1.54, 1.807) is 0 Å². The Labute approximate surface area is 71.1 Å². The molecule has 0 bridgehead atoms. The third-order valence-corrected chi connectivity index (χ3v) is 2.26. The highest BCUT2D eigenvalue weighted by molar-refractivity contribution is 5.60. The molecule has 2 unspecified atom stereocenters. The van der Waals surface area contributed by atoms with Crippen LogP contribution in [0.15, 0.2) is 0 Å². The Kier molecular flexibility index (Phi) is 1.97. The zero-order chi connectivity index (χ0) is 9.35. The molecule has 0 N–H and O–H groups in total. The predicted octanol–water partition coefficient (Wildman–Crippen LogP) is 1.32. The molecule has 66 valence electrons. The van der Waals surface area contributed by atoms with Gasteiger partial charge in [-0.3, -0.25) is 0 Å². The van der Waals surface area contributed by atoms with Gasteiger partial charge in [0.2, 0.25) is 0 Å². The van der Waals surface area contributed by atoms with Crippen molar-refractivity contribution >= 4 is 6.16 Å². The van der Waals surface area contributed by atoms with Gasteiger partial charge in [0.25, 0.3) is 0 Å². The fourth-order valence-corrected chi connectivity index (χ4v) is 1.20. The van der Waals surface area contributed by atoms with Gasteiger partial charge in [0.05, 0.1) is 19.1 Å². The topological polar surface area (TPSA) is 59.3 Å². The van der Waals surface area contributed by atoms with Gasteiger partial charge in [-0.05, 0) is 0 Å². The largest absolute Gasteiger partial charge is 0.508 e. The van der Waals surface area contributed by atoms with Gasteiger partial charge < -0.3 is 9.47 Å². The van der Waals surface area contributed by atoms with E-state index in [1.165, 1.54) is 7.11 Å². The van der Waals surface area contributed by atoms with Crippen LogP contribution in [0.1, 0.15) is 13.8 Å². The lowest BCUT2D eigenvalue weighted by molar-refractivity contribution is 0.0564. The summed E-state index contributed by atoms with van der Waals surface area (Å²) in [6, 6.07) is 2.08. The summed E-state index contributed by atoms with van der Waals surface area (Å²) in [5.74, 6) is -0.198. The average Bonchev–Trinajstić information content (AvgIpc) is 2.53. The van der Waals surface area contributed by atoms with Crippen molar-refractivity contribution in [1.82, 2.24) is 0 Å². The molecule has 0 amide bonds. The van der Waals surface area contributed by atoms with E-state index in [4.69, 9.17) is 10.00 Å². The maximum absolute atomic E-state index is 10.7. The minimum atomic E-state index is -0.717. The summed E-state index contributed by atoms with van der Waals surface area (Å²) in [5.41, 5.74) is -0.219. The van der Waals surface area contributed by atoms with Crippen LogP contribution in [0.4, 0.5) is 4.79 Å². The molecule has 2 atom stereocenters. The summed E-state index contributed by atoms with van der Waals surface area (Å²) in [5, 5.41) is 8.62. The second-order valence-electron chi connectivity index (χ2n) is 3.42. The highest BCUT2D eigenvalue weighted by atomic mass is 16.7. The summed E-state index contributed by atoms with van der Waals surface area (Å²) in [6.45, 7) is 3.77. The van der Waals surface area contributed by atoms with Crippen LogP contribution in [0.25, 0.3) is 0 Å². The molecule has 1 fully saturated rings. The summed E-state index contributed by atoms with van der Waals surface area (Å²) in [7, 11) is 1.25. The lowest BCUT2D eigenvalue weighted by Crippen LogP contribution is -2.09. The monoisotopic (exact) mass is 169 g/mol. The van der Waals surface area contributed by atoms with Crippen LogP contribution in [0, 0.1) is 22.7 Å². The first-order valence-corrected chi connectivity index (χ1v) is 3.68. The lowest BCUT2D eigenvalue weighted by Gasteiger charge is -2.02. The van der Waals surface area contributed by atoms with Crippen molar-refractivity contribution in [1.29, 1.82) is 5.26 Å². The van der Waals surface area contributed by atoms with Crippen molar-refractivity contribution in [2.24, 2.45) is 11.3 Å². The molecule has 0 aromatic rings. The minimum Gasteiger partial charge on any atom is -0.438 e. The molecule has 4 heteroatoms. The van der Waals surface area contributed by atoms with Crippen LogP contribution in [0.3, 0.4) is 0 Å². The molecule has 1 saturated carbocycles. The van der Waals surface area contributed by atoms with Crippen molar-refractivity contribution in [3.63, 3.8) is 0 Å². The highest BCUT2D eigenvalue weighted by Crippen LogP contribution is 2.53. The molecule has 0 aliphatic heterocycles. The quantitative estimate of drug-likeness (QED) is 0.555.